The van der Waals surface area contributed by atoms with E-state index < -0.39 is 10.8 Å². The van der Waals surface area contributed by atoms with Gasteiger partial charge in [0.15, 0.2) is 0 Å². The summed E-state index contributed by atoms with van der Waals surface area (Å²) in [5, 5.41) is 3.53. The van der Waals surface area contributed by atoms with Crippen molar-refractivity contribution in [2.45, 2.75) is 6.42 Å². The van der Waals surface area contributed by atoms with Crippen molar-refractivity contribution in [2.24, 2.45) is 0 Å². The van der Waals surface area contributed by atoms with Gasteiger partial charge >= 0.3 is 0 Å². The lowest BCUT2D eigenvalue weighted by Crippen LogP contribution is -2.26. The molecule has 1 aromatic carbocycles. The van der Waals surface area contributed by atoms with Gasteiger partial charge < -0.3 is 10.1 Å². The summed E-state index contributed by atoms with van der Waals surface area (Å²) in [6.07, 6.45) is 2.28. The molecule has 0 aliphatic carbocycles. The molecule has 0 bridgehead atoms. The van der Waals surface area contributed by atoms with E-state index in [9.17, 15) is 9.00 Å². The second-order valence-electron chi connectivity index (χ2n) is 4.93. The van der Waals surface area contributed by atoms with Crippen molar-refractivity contribution in [1.82, 2.24) is 10.3 Å². The highest BCUT2D eigenvalue weighted by atomic mass is 35.5. The highest BCUT2D eigenvalue weighted by Crippen LogP contribution is 2.28. The highest BCUT2D eigenvalue weighted by Gasteiger charge is 2.09. The van der Waals surface area contributed by atoms with Crippen LogP contribution in [0.25, 0.3) is 0 Å². The van der Waals surface area contributed by atoms with E-state index in [-0.39, 0.29) is 17.5 Å². The van der Waals surface area contributed by atoms with Crippen molar-refractivity contribution in [3.63, 3.8) is 0 Å². The van der Waals surface area contributed by atoms with E-state index in [1.807, 2.05) is 0 Å². The Morgan fingerprint density at radius 2 is 2.04 bits per heavy atom. The Balaban J connectivity index is 1.98. The number of pyridine rings is 1. The third-order valence-electron chi connectivity index (χ3n) is 2.96. The van der Waals surface area contributed by atoms with E-state index in [1.54, 1.807) is 42.7 Å². The molecule has 0 aliphatic rings. The zero-order valence-electron chi connectivity index (χ0n) is 12.9. The SMILES string of the molecule is CS(=O)CCCNC(=O)c1cccc(Oc2ccc(Cl)c(Cl)c2)n1. The number of nitrogens with one attached hydrogen (secondary N) is 1. The molecule has 2 rings (SSSR count). The molecule has 0 saturated heterocycles. The molecule has 1 aromatic heterocycles. The molecule has 5 nitrogen and oxygen atoms in total. The summed E-state index contributed by atoms with van der Waals surface area (Å²) in [5.74, 6) is 0.987. The van der Waals surface area contributed by atoms with E-state index in [2.05, 4.69) is 10.3 Å². The Hall–Kier alpha value is -1.63. The average molecular weight is 387 g/mol. The van der Waals surface area contributed by atoms with Crippen LogP contribution in [-0.4, -0.2) is 33.7 Å². The molecule has 1 heterocycles. The Labute approximate surface area is 152 Å². The number of nitrogens with zero attached hydrogens (tertiary/aromatic N) is 1. The number of carbonyl (C=O) groups excluding carboxylic acids is 1. The van der Waals surface area contributed by atoms with E-state index in [0.29, 0.717) is 34.5 Å². The summed E-state index contributed by atoms with van der Waals surface area (Å²) in [5.41, 5.74) is 0.241. The van der Waals surface area contributed by atoms with Gasteiger partial charge in [0.1, 0.15) is 11.4 Å². The molecule has 0 aliphatic heterocycles. The van der Waals surface area contributed by atoms with E-state index in [0.717, 1.165) is 0 Å². The molecular weight excluding hydrogens is 371 g/mol. The van der Waals surface area contributed by atoms with Crippen LogP contribution in [0.3, 0.4) is 0 Å². The number of hydrogen-bond donors (Lipinski definition) is 1. The maximum atomic E-state index is 12.0. The zero-order chi connectivity index (χ0) is 17.5. The Morgan fingerprint density at radius 3 is 2.75 bits per heavy atom. The van der Waals surface area contributed by atoms with Gasteiger partial charge in [0.2, 0.25) is 5.88 Å². The number of benzene rings is 1. The molecule has 128 valence electrons. The van der Waals surface area contributed by atoms with Crippen LogP contribution in [0, 0.1) is 0 Å². The van der Waals surface area contributed by atoms with Crippen molar-refractivity contribution < 1.29 is 13.7 Å². The van der Waals surface area contributed by atoms with Crippen LogP contribution < -0.4 is 10.1 Å². The van der Waals surface area contributed by atoms with Crippen molar-refractivity contribution >= 4 is 39.9 Å². The fourth-order valence-corrected chi connectivity index (χ4v) is 2.67. The third kappa shape index (κ3) is 5.78. The van der Waals surface area contributed by atoms with Crippen LogP contribution in [0.4, 0.5) is 0 Å². The quantitative estimate of drug-likeness (QED) is 0.736. The molecule has 1 amide bonds. The molecule has 1 N–H and O–H groups in total. The minimum absolute atomic E-state index is 0.241. The molecular formula is C16H16Cl2N2O3S. The standard InChI is InChI=1S/C16H16Cl2N2O3S/c1-24(22)9-3-8-19-16(21)14-4-2-5-15(20-14)23-11-6-7-12(17)13(18)10-11/h2,4-7,10H,3,8-9H2,1H3,(H,19,21). The molecule has 0 radical (unpaired) electrons. The van der Waals surface area contributed by atoms with E-state index in [4.69, 9.17) is 27.9 Å². The smallest absolute Gasteiger partial charge is 0.270 e. The molecule has 0 saturated carbocycles. The molecule has 0 fully saturated rings. The van der Waals surface area contributed by atoms with Gasteiger partial charge in [-0.05, 0) is 24.6 Å². The Morgan fingerprint density at radius 1 is 1.25 bits per heavy atom. The number of halogens is 2. The first kappa shape index (κ1) is 18.7. The molecule has 1 atom stereocenters. The van der Waals surface area contributed by atoms with Crippen molar-refractivity contribution in [2.75, 3.05) is 18.6 Å². The highest BCUT2D eigenvalue weighted by molar-refractivity contribution is 7.84. The lowest BCUT2D eigenvalue weighted by molar-refractivity contribution is 0.0948. The number of ether oxygens (including phenoxy) is 1. The van der Waals surface area contributed by atoms with Crippen molar-refractivity contribution in [3.05, 3.63) is 52.1 Å². The maximum Gasteiger partial charge on any atom is 0.270 e. The Bertz CT molecular complexity index is 756. The lowest BCUT2D eigenvalue weighted by Gasteiger charge is -2.08. The van der Waals surface area contributed by atoms with Gasteiger partial charge in [0, 0.05) is 41.5 Å². The third-order valence-corrected chi connectivity index (χ3v) is 4.57. The minimum Gasteiger partial charge on any atom is -0.439 e. The van der Waals surface area contributed by atoms with Crippen molar-refractivity contribution in [1.29, 1.82) is 0 Å². The fourth-order valence-electron chi connectivity index (χ4n) is 1.83. The van der Waals surface area contributed by atoms with E-state index in [1.165, 1.54) is 0 Å². The summed E-state index contributed by atoms with van der Waals surface area (Å²) in [6.45, 7) is 0.442. The van der Waals surface area contributed by atoms with Crippen LogP contribution in [0.15, 0.2) is 36.4 Å². The summed E-state index contributed by atoms with van der Waals surface area (Å²) >= 11 is 11.8. The van der Waals surface area contributed by atoms with Gasteiger partial charge in [-0.3, -0.25) is 9.00 Å². The minimum atomic E-state index is -0.862. The topological polar surface area (TPSA) is 68.3 Å². The number of aromatic nitrogens is 1. The second kappa shape index (κ2) is 9.01. The van der Waals surface area contributed by atoms with Crippen LogP contribution in [0.1, 0.15) is 16.9 Å². The predicted molar refractivity (Wildman–Crippen MR) is 96.7 cm³/mol. The summed E-state index contributed by atoms with van der Waals surface area (Å²) in [4.78, 5) is 16.2. The van der Waals surface area contributed by atoms with Gasteiger partial charge in [-0.1, -0.05) is 29.3 Å². The number of rotatable bonds is 7. The number of amides is 1. The summed E-state index contributed by atoms with van der Waals surface area (Å²) in [6, 6.07) is 9.76. The molecule has 24 heavy (non-hydrogen) atoms. The monoisotopic (exact) mass is 386 g/mol. The normalized spacial score (nSPS) is 11.8. The van der Waals surface area contributed by atoms with Gasteiger partial charge in [0.25, 0.3) is 5.91 Å². The summed E-state index contributed by atoms with van der Waals surface area (Å²) in [7, 11) is -0.862. The second-order valence-corrected chi connectivity index (χ2v) is 7.29. The van der Waals surface area contributed by atoms with Gasteiger partial charge in [0.05, 0.1) is 10.0 Å². The number of carbonyl (C=O) groups is 1. The van der Waals surface area contributed by atoms with Gasteiger partial charge in [-0.15, -0.1) is 0 Å². The first-order valence-corrected chi connectivity index (χ1v) is 9.62. The van der Waals surface area contributed by atoms with E-state index >= 15 is 0 Å². The Kier molecular flexibility index (Phi) is 7.02. The van der Waals surface area contributed by atoms with Crippen LogP contribution in [-0.2, 0) is 10.8 Å². The first-order chi connectivity index (χ1) is 11.5. The molecule has 0 spiro atoms. The van der Waals surface area contributed by atoms with Gasteiger partial charge in [-0.2, -0.15) is 0 Å². The number of hydrogen-bond acceptors (Lipinski definition) is 4. The van der Waals surface area contributed by atoms with Crippen LogP contribution in [0.2, 0.25) is 10.0 Å². The largest absolute Gasteiger partial charge is 0.439 e. The maximum absolute atomic E-state index is 12.0. The molecule has 8 heteroatoms. The lowest BCUT2D eigenvalue weighted by atomic mass is 10.3. The zero-order valence-corrected chi connectivity index (χ0v) is 15.2. The molecule has 2 aromatic rings. The molecule has 1 unspecified atom stereocenters. The van der Waals surface area contributed by atoms with Crippen molar-refractivity contribution in [3.8, 4) is 11.6 Å². The fraction of sp³-hybridized carbons (Fsp3) is 0.250. The first-order valence-electron chi connectivity index (χ1n) is 7.14. The average Bonchev–Trinajstić information content (AvgIpc) is 2.55. The predicted octanol–water partition coefficient (Wildman–Crippen LogP) is 3.68. The van der Waals surface area contributed by atoms with Crippen LogP contribution in [0.5, 0.6) is 11.6 Å². The van der Waals surface area contributed by atoms with Gasteiger partial charge in [-0.25, -0.2) is 4.98 Å². The van der Waals surface area contributed by atoms with Crippen LogP contribution >= 0.6 is 23.2 Å². The summed E-state index contributed by atoms with van der Waals surface area (Å²) < 4.78 is 16.6.